The third kappa shape index (κ3) is 2.35. The second-order valence-electron chi connectivity index (χ2n) is 5.37. The molecule has 1 saturated heterocycles. The summed E-state index contributed by atoms with van der Waals surface area (Å²) >= 11 is 0. The van der Waals surface area contributed by atoms with E-state index in [0.717, 1.165) is 10.5 Å². The fraction of sp³-hybridized carbons (Fsp3) is 0.312. The quantitative estimate of drug-likeness (QED) is 0.813. The number of aromatic nitrogens is 1. The Labute approximate surface area is 122 Å². The monoisotopic (exact) mass is 284 g/mol. The molecule has 1 aliphatic rings. The number of carbonyl (C=O) groups excluding carboxylic acids is 2. The fourth-order valence-electron chi connectivity index (χ4n) is 2.73. The van der Waals surface area contributed by atoms with Crippen molar-refractivity contribution in [2.24, 2.45) is 5.92 Å². The Morgan fingerprint density at radius 2 is 2.00 bits per heavy atom. The van der Waals surface area contributed by atoms with Gasteiger partial charge in [0, 0.05) is 12.5 Å². The first kappa shape index (κ1) is 13.5. The first-order valence-corrected chi connectivity index (χ1v) is 6.93. The van der Waals surface area contributed by atoms with Crippen molar-refractivity contribution >= 4 is 17.6 Å². The predicted molar refractivity (Wildman–Crippen MR) is 76.7 cm³/mol. The highest BCUT2D eigenvalue weighted by atomic mass is 16.5. The normalized spacial score (nSPS) is 20.1. The molecule has 5 nitrogen and oxygen atoms in total. The molecule has 0 radical (unpaired) electrons. The molecule has 1 aromatic carbocycles. The highest BCUT2D eigenvalue weighted by Gasteiger charge is 2.43. The van der Waals surface area contributed by atoms with Crippen LogP contribution >= 0.6 is 0 Å². The van der Waals surface area contributed by atoms with Gasteiger partial charge in [-0.1, -0.05) is 42.4 Å². The van der Waals surface area contributed by atoms with Gasteiger partial charge in [0.1, 0.15) is 5.76 Å². The largest absolute Gasteiger partial charge is 0.360 e. The summed E-state index contributed by atoms with van der Waals surface area (Å²) in [7, 11) is 0. The number of benzene rings is 1. The first-order chi connectivity index (χ1) is 10.1. The van der Waals surface area contributed by atoms with Crippen molar-refractivity contribution in [3.8, 4) is 0 Å². The average molecular weight is 284 g/mol. The molecule has 0 spiro atoms. The molecule has 0 bridgehead atoms. The number of amides is 2. The van der Waals surface area contributed by atoms with Crippen molar-refractivity contribution in [1.29, 1.82) is 0 Å². The van der Waals surface area contributed by atoms with Crippen LogP contribution in [0.15, 0.2) is 40.9 Å². The Hall–Kier alpha value is -2.43. The number of nitrogens with zero attached hydrogens (tertiary/aromatic N) is 2. The van der Waals surface area contributed by atoms with E-state index in [1.807, 2.05) is 37.3 Å². The molecule has 3 rings (SSSR count). The van der Waals surface area contributed by atoms with Crippen molar-refractivity contribution in [1.82, 2.24) is 5.16 Å². The van der Waals surface area contributed by atoms with Crippen LogP contribution < -0.4 is 4.90 Å². The highest BCUT2D eigenvalue weighted by Crippen LogP contribution is 2.35. The Morgan fingerprint density at radius 1 is 1.29 bits per heavy atom. The Kier molecular flexibility index (Phi) is 3.33. The van der Waals surface area contributed by atoms with Crippen LogP contribution in [0, 0.1) is 12.8 Å². The highest BCUT2D eigenvalue weighted by molar-refractivity contribution is 6.20. The molecule has 21 heavy (non-hydrogen) atoms. The third-order valence-electron chi connectivity index (χ3n) is 3.96. The number of carbonyl (C=O) groups is 2. The van der Waals surface area contributed by atoms with E-state index in [2.05, 4.69) is 5.16 Å². The molecule has 2 aromatic rings. The topological polar surface area (TPSA) is 63.4 Å². The van der Waals surface area contributed by atoms with Crippen molar-refractivity contribution in [3.05, 3.63) is 47.7 Å². The smallest absolute Gasteiger partial charge is 0.239 e. The standard InChI is InChI=1S/C16H16N2O3/c1-10-8-14(17-21-10)18-15(19)9-13(16(18)20)11(2)12-6-4-3-5-7-12/h3-8,11,13H,9H2,1-2H3/t11-,13+/m1/s1. The van der Waals surface area contributed by atoms with Gasteiger partial charge in [0.25, 0.3) is 0 Å². The van der Waals surface area contributed by atoms with Crippen LogP contribution in [0.1, 0.15) is 30.6 Å². The fourth-order valence-corrected chi connectivity index (χ4v) is 2.73. The minimum Gasteiger partial charge on any atom is -0.360 e. The zero-order valence-electron chi connectivity index (χ0n) is 11.9. The lowest BCUT2D eigenvalue weighted by Crippen LogP contribution is -2.31. The van der Waals surface area contributed by atoms with E-state index >= 15 is 0 Å². The molecule has 2 heterocycles. The predicted octanol–water partition coefficient (Wildman–Crippen LogP) is 2.67. The molecule has 0 unspecified atom stereocenters. The molecule has 0 saturated carbocycles. The molecule has 2 amide bonds. The van der Waals surface area contributed by atoms with Gasteiger partial charge < -0.3 is 4.52 Å². The van der Waals surface area contributed by atoms with Gasteiger partial charge in [-0.15, -0.1) is 0 Å². The van der Waals surface area contributed by atoms with Crippen molar-refractivity contribution < 1.29 is 14.1 Å². The number of anilines is 1. The van der Waals surface area contributed by atoms with Crippen LogP contribution in [0.25, 0.3) is 0 Å². The zero-order chi connectivity index (χ0) is 15.0. The second kappa shape index (κ2) is 5.16. The molecule has 0 N–H and O–H groups in total. The Balaban J connectivity index is 1.87. The molecule has 2 atom stereocenters. The maximum Gasteiger partial charge on any atom is 0.239 e. The third-order valence-corrected chi connectivity index (χ3v) is 3.96. The van der Waals surface area contributed by atoms with Gasteiger partial charge in [-0.3, -0.25) is 9.59 Å². The van der Waals surface area contributed by atoms with E-state index in [-0.39, 0.29) is 35.9 Å². The summed E-state index contributed by atoms with van der Waals surface area (Å²) in [4.78, 5) is 25.9. The van der Waals surface area contributed by atoms with Crippen LogP contribution in [0.2, 0.25) is 0 Å². The van der Waals surface area contributed by atoms with E-state index in [0.29, 0.717) is 5.76 Å². The van der Waals surface area contributed by atoms with Crippen LogP contribution in [-0.4, -0.2) is 17.0 Å². The molecular formula is C16H16N2O3. The van der Waals surface area contributed by atoms with Crippen LogP contribution in [0.4, 0.5) is 5.82 Å². The van der Waals surface area contributed by atoms with Crippen LogP contribution in [0.5, 0.6) is 0 Å². The molecule has 5 heteroatoms. The lowest BCUT2D eigenvalue weighted by Gasteiger charge is -2.17. The lowest BCUT2D eigenvalue weighted by atomic mass is 9.86. The van der Waals surface area contributed by atoms with Gasteiger partial charge in [-0.25, -0.2) is 4.90 Å². The van der Waals surface area contributed by atoms with E-state index < -0.39 is 0 Å². The van der Waals surface area contributed by atoms with E-state index in [1.54, 1.807) is 13.0 Å². The molecule has 1 aromatic heterocycles. The zero-order valence-corrected chi connectivity index (χ0v) is 11.9. The van der Waals surface area contributed by atoms with E-state index in [4.69, 9.17) is 4.52 Å². The number of hydrogen-bond acceptors (Lipinski definition) is 4. The summed E-state index contributed by atoms with van der Waals surface area (Å²) in [6.07, 6.45) is 0.209. The maximum atomic E-state index is 12.6. The number of imide groups is 1. The van der Waals surface area contributed by atoms with E-state index in [1.165, 1.54) is 0 Å². The average Bonchev–Trinajstić information content (AvgIpc) is 3.02. The summed E-state index contributed by atoms with van der Waals surface area (Å²) in [5, 5.41) is 3.77. The Bertz CT molecular complexity index is 678. The van der Waals surface area contributed by atoms with Crippen LogP contribution in [-0.2, 0) is 9.59 Å². The number of aryl methyl sites for hydroxylation is 1. The summed E-state index contributed by atoms with van der Waals surface area (Å²) < 4.78 is 4.96. The van der Waals surface area contributed by atoms with Gasteiger partial charge in [-0.05, 0) is 18.4 Å². The Morgan fingerprint density at radius 3 is 2.62 bits per heavy atom. The number of rotatable bonds is 3. The summed E-state index contributed by atoms with van der Waals surface area (Å²) in [5.74, 6) is 0.0682. The van der Waals surface area contributed by atoms with Crippen molar-refractivity contribution in [2.75, 3.05) is 4.90 Å². The summed E-state index contributed by atoms with van der Waals surface area (Å²) in [5.41, 5.74) is 1.06. The summed E-state index contributed by atoms with van der Waals surface area (Å²) in [6, 6.07) is 11.4. The van der Waals surface area contributed by atoms with Crippen LogP contribution in [0.3, 0.4) is 0 Å². The van der Waals surface area contributed by atoms with Gasteiger partial charge >= 0.3 is 0 Å². The number of hydrogen-bond donors (Lipinski definition) is 0. The maximum absolute atomic E-state index is 12.6. The van der Waals surface area contributed by atoms with Gasteiger partial charge in [0.2, 0.25) is 11.8 Å². The minimum atomic E-state index is -0.350. The second-order valence-corrected chi connectivity index (χ2v) is 5.37. The van der Waals surface area contributed by atoms with Gasteiger partial charge in [-0.2, -0.15) is 0 Å². The molecule has 1 aliphatic heterocycles. The molecular weight excluding hydrogens is 268 g/mol. The van der Waals surface area contributed by atoms with Gasteiger partial charge in [0.05, 0.1) is 5.92 Å². The molecule has 1 fully saturated rings. The van der Waals surface area contributed by atoms with Crippen molar-refractivity contribution in [3.63, 3.8) is 0 Å². The first-order valence-electron chi connectivity index (χ1n) is 6.93. The minimum absolute atomic E-state index is 0.0133. The van der Waals surface area contributed by atoms with E-state index in [9.17, 15) is 9.59 Å². The lowest BCUT2D eigenvalue weighted by molar-refractivity contribution is -0.122. The van der Waals surface area contributed by atoms with Crippen molar-refractivity contribution in [2.45, 2.75) is 26.2 Å². The van der Waals surface area contributed by atoms with Gasteiger partial charge in [0.15, 0.2) is 5.82 Å². The summed E-state index contributed by atoms with van der Waals surface area (Å²) in [6.45, 7) is 3.70. The molecule has 0 aliphatic carbocycles. The SMILES string of the molecule is Cc1cc(N2C(=O)C[C@@H]([C@H](C)c3ccccc3)C2=O)no1. The molecule has 108 valence electrons.